The first kappa shape index (κ1) is 14.4. The fraction of sp³-hybridized carbons (Fsp3) is 0.462. The first-order valence-corrected chi connectivity index (χ1v) is 5.99. The summed E-state index contributed by atoms with van der Waals surface area (Å²) < 4.78 is 12.8. The smallest absolute Gasteiger partial charge is 0.255 e. The Hall–Kier alpha value is -1.62. The van der Waals surface area contributed by atoms with Crippen molar-refractivity contribution in [3.63, 3.8) is 0 Å². The Balaban J connectivity index is 2.94. The zero-order chi connectivity index (χ0) is 13.8. The molecule has 4 N–H and O–H groups in total. The van der Waals surface area contributed by atoms with Gasteiger partial charge in [0.2, 0.25) is 0 Å². The largest absolute Gasteiger partial charge is 0.507 e. The minimum atomic E-state index is -0.583. The lowest BCUT2D eigenvalue weighted by Gasteiger charge is -2.31. The van der Waals surface area contributed by atoms with Gasteiger partial charge < -0.3 is 16.2 Å². The molecule has 4 nitrogen and oxygen atoms in total. The van der Waals surface area contributed by atoms with Crippen molar-refractivity contribution in [2.45, 2.75) is 32.2 Å². The number of rotatable bonds is 5. The molecule has 0 saturated heterocycles. The maximum Gasteiger partial charge on any atom is 0.255 e. The summed E-state index contributed by atoms with van der Waals surface area (Å²) in [4.78, 5) is 12.0. The van der Waals surface area contributed by atoms with Crippen LogP contribution in [0.5, 0.6) is 5.75 Å². The predicted octanol–water partition coefficient (Wildman–Crippen LogP) is 1.78. The second-order valence-corrected chi connectivity index (χ2v) is 4.31. The summed E-state index contributed by atoms with van der Waals surface area (Å²) in [5.74, 6) is -1.40. The number of aromatic hydroxyl groups is 1. The third-order valence-corrected chi connectivity index (χ3v) is 3.33. The highest BCUT2D eigenvalue weighted by Crippen LogP contribution is 2.20. The molecule has 0 heterocycles. The topological polar surface area (TPSA) is 75.3 Å². The number of carbonyl (C=O) groups is 1. The van der Waals surface area contributed by atoms with Gasteiger partial charge in [0, 0.05) is 12.6 Å². The molecule has 1 rings (SSSR count). The molecule has 1 aromatic carbocycles. The van der Waals surface area contributed by atoms with E-state index in [-0.39, 0.29) is 11.3 Å². The molecule has 0 radical (unpaired) electrons. The number of carbonyl (C=O) groups excluding carboxylic acids is 1. The van der Waals surface area contributed by atoms with E-state index in [9.17, 15) is 14.3 Å². The molecule has 18 heavy (non-hydrogen) atoms. The van der Waals surface area contributed by atoms with E-state index in [2.05, 4.69) is 5.32 Å². The van der Waals surface area contributed by atoms with Crippen LogP contribution in [0.2, 0.25) is 0 Å². The van der Waals surface area contributed by atoms with Gasteiger partial charge in [-0.2, -0.15) is 0 Å². The van der Waals surface area contributed by atoms with Crippen LogP contribution >= 0.6 is 0 Å². The molecule has 100 valence electrons. The van der Waals surface area contributed by atoms with Crippen LogP contribution in [0.4, 0.5) is 4.39 Å². The summed E-state index contributed by atoms with van der Waals surface area (Å²) in [6.07, 6.45) is 1.38. The molecule has 0 aliphatic carbocycles. The molecule has 0 aliphatic heterocycles. The van der Waals surface area contributed by atoms with Crippen molar-refractivity contribution in [3.05, 3.63) is 29.6 Å². The molecule has 1 amide bonds. The molecule has 0 bridgehead atoms. The fourth-order valence-electron chi connectivity index (χ4n) is 1.77. The van der Waals surface area contributed by atoms with Crippen LogP contribution in [-0.2, 0) is 0 Å². The number of benzene rings is 1. The van der Waals surface area contributed by atoms with Crippen molar-refractivity contribution in [1.29, 1.82) is 0 Å². The molecule has 0 aliphatic rings. The summed E-state index contributed by atoms with van der Waals surface area (Å²) in [6, 6.07) is 3.31. The Morgan fingerprint density at radius 2 is 2.06 bits per heavy atom. The average Bonchev–Trinajstić information content (AvgIpc) is 2.36. The summed E-state index contributed by atoms with van der Waals surface area (Å²) >= 11 is 0. The number of hydrogen-bond acceptors (Lipinski definition) is 3. The van der Waals surface area contributed by atoms with E-state index in [1.807, 2.05) is 13.8 Å². The first-order valence-electron chi connectivity index (χ1n) is 5.99. The summed E-state index contributed by atoms with van der Waals surface area (Å²) in [5.41, 5.74) is 5.24. The van der Waals surface area contributed by atoms with Crippen LogP contribution in [0.3, 0.4) is 0 Å². The number of amides is 1. The van der Waals surface area contributed by atoms with E-state index < -0.39 is 17.3 Å². The zero-order valence-electron chi connectivity index (χ0n) is 10.7. The van der Waals surface area contributed by atoms with Crippen LogP contribution in [0, 0.1) is 5.82 Å². The number of hydrogen-bond donors (Lipinski definition) is 3. The second kappa shape index (κ2) is 5.82. The third kappa shape index (κ3) is 2.98. The number of phenolic OH excluding ortho intramolecular Hbond substituents is 1. The van der Waals surface area contributed by atoms with Crippen LogP contribution < -0.4 is 11.1 Å². The molecule has 1 aromatic rings. The summed E-state index contributed by atoms with van der Waals surface area (Å²) in [5, 5.41) is 12.4. The Bertz CT molecular complexity index is 423. The van der Waals surface area contributed by atoms with E-state index in [0.29, 0.717) is 19.4 Å². The van der Waals surface area contributed by atoms with E-state index >= 15 is 0 Å². The van der Waals surface area contributed by atoms with Gasteiger partial charge in [-0.15, -0.1) is 0 Å². The van der Waals surface area contributed by atoms with Gasteiger partial charge in [-0.05, 0) is 25.0 Å². The summed E-state index contributed by atoms with van der Waals surface area (Å²) in [7, 11) is 0. The highest BCUT2D eigenvalue weighted by Gasteiger charge is 2.27. The monoisotopic (exact) mass is 254 g/mol. The van der Waals surface area contributed by atoms with Crippen molar-refractivity contribution in [2.24, 2.45) is 5.73 Å². The normalized spacial score (nSPS) is 11.3. The molecule has 0 atom stereocenters. The molecule has 0 fully saturated rings. The van der Waals surface area contributed by atoms with Gasteiger partial charge in [0.15, 0.2) is 0 Å². The van der Waals surface area contributed by atoms with E-state index in [1.54, 1.807) is 0 Å². The number of nitrogens with one attached hydrogen (secondary N) is 1. The highest BCUT2D eigenvalue weighted by atomic mass is 19.1. The molecular formula is C13H19FN2O2. The zero-order valence-corrected chi connectivity index (χ0v) is 10.7. The van der Waals surface area contributed by atoms with Gasteiger partial charge in [0.25, 0.3) is 5.91 Å². The molecule has 5 heteroatoms. The number of nitrogens with two attached hydrogens (primary N) is 1. The lowest BCUT2D eigenvalue weighted by atomic mass is 9.92. The minimum Gasteiger partial charge on any atom is -0.507 e. The van der Waals surface area contributed by atoms with Gasteiger partial charge in [-0.3, -0.25) is 4.79 Å². The SMILES string of the molecule is CCC(CC)(CN)NC(=O)c1ccc(F)cc1O. The van der Waals surface area contributed by atoms with E-state index in [0.717, 1.165) is 12.1 Å². The van der Waals surface area contributed by atoms with Gasteiger partial charge in [0.1, 0.15) is 11.6 Å². The van der Waals surface area contributed by atoms with Gasteiger partial charge in [-0.1, -0.05) is 13.8 Å². The van der Waals surface area contributed by atoms with Crippen molar-refractivity contribution in [2.75, 3.05) is 6.54 Å². The van der Waals surface area contributed by atoms with E-state index in [4.69, 9.17) is 5.73 Å². The lowest BCUT2D eigenvalue weighted by Crippen LogP contribution is -2.52. The van der Waals surface area contributed by atoms with Crippen LogP contribution in [0.15, 0.2) is 18.2 Å². The van der Waals surface area contributed by atoms with Crippen molar-refractivity contribution in [3.8, 4) is 5.75 Å². The van der Waals surface area contributed by atoms with Crippen molar-refractivity contribution < 1.29 is 14.3 Å². The molecule has 0 unspecified atom stereocenters. The van der Waals surface area contributed by atoms with Crippen LogP contribution in [0.1, 0.15) is 37.0 Å². The molecule has 0 aromatic heterocycles. The highest BCUT2D eigenvalue weighted by molar-refractivity contribution is 5.97. The Morgan fingerprint density at radius 3 is 2.50 bits per heavy atom. The average molecular weight is 254 g/mol. The number of halogens is 1. The van der Waals surface area contributed by atoms with Gasteiger partial charge in [-0.25, -0.2) is 4.39 Å². The number of phenols is 1. The fourth-order valence-corrected chi connectivity index (χ4v) is 1.77. The maximum atomic E-state index is 12.8. The van der Waals surface area contributed by atoms with Crippen LogP contribution in [-0.4, -0.2) is 23.1 Å². The quantitative estimate of drug-likeness (QED) is 0.749. The minimum absolute atomic E-state index is 0.0520. The Labute approximate surface area is 106 Å². The van der Waals surface area contributed by atoms with Gasteiger partial charge >= 0.3 is 0 Å². The van der Waals surface area contributed by atoms with Crippen LogP contribution in [0.25, 0.3) is 0 Å². The first-order chi connectivity index (χ1) is 8.48. The maximum absolute atomic E-state index is 12.8. The lowest BCUT2D eigenvalue weighted by molar-refractivity contribution is 0.0892. The Kier molecular flexibility index (Phi) is 4.67. The van der Waals surface area contributed by atoms with Crippen molar-refractivity contribution in [1.82, 2.24) is 5.32 Å². The van der Waals surface area contributed by atoms with E-state index in [1.165, 1.54) is 6.07 Å². The standard InChI is InChI=1S/C13H19FN2O2/c1-3-13(4-2,8-15)16-12(18)10-6-5-9(14)7-11(10)17/h5-7,17H,3-4,8,15H2,1-2H3,(H,16,18). The molecule has 0 spiro atoms. The molecule has 0 saturated carbocycles. The Morgan fingerprint density at radius 1 is 1.44 bits per heavy atom. The van der Waals surface area contributed by atoms with Crippen molar-refractivity contribution >= 4 is 5.91 Å². The predicted molar refractivity (Wildman–Crippen MR) is 67.9 cm³/mol. The second-order valence-electron chi connectivity index (χ2n) is 4.31. The van der Waals surface area contributed by atoms with Gasteiger partial charge in [0.05, 0.1) is 11.1 Å². The third-order valence-electron chi connectivity index (χ3n) is 3.33. The summed E-state index contributed by atoms with van der Waals surface area (Å²) in [6.45, 7) is 4.18. The molecular weight excluding hydrogens is 235 g/mol.